The molecule has 0 aliphatic rings. The minimum absolute atomic E-state index is 0.188. The van der Waals surface area contributed by atoms with Crippen LogP contribution in [0.25, 0.3) is 0 Å². The normalized spacial score (nSPS) is 10.6. The van der Waals surface area contributed by atoms with Gasteiger partial charge in [-0.1, -0.05) is 0 Å². The Morgan fingerprint density at radius 1 is 1.29 bits per heavy atom. The van der Waals surface area contributed by atoms with Crippen molar-refractivity contribution in [2.45, 2.75) is 33.3 Å². The van der Waals surface area contributed by atoms with E-state index in [4.69, 9.17) is 4.74 Å². The number of carbonyl (C=O) groups is 2. The van der Waals surface area contributed by atoms with Crippen LogP contribution in [0.5, 0.6) is 0 Å². The molecule has 81 valence electrons. The van der Waals surface area contributed by atoms with Gasteiger partial charge in [-0.25, -0.2) is 14.5 Å². The minimum Gasteiger partial charge on any atom is -0.449 e. The third kappa shape index (κ3) is 4.69. The van der Waals surface area contributed by atoms with E-state index >= 15 is 0 Å². The Bertz CT molecular complexity index is 219. The second-order valence-electron chi connectivity index (χ2n) is 3.61. The van der Waals surface area contributed by atoms with Gasteiger partial charge in [-0.2, -0.15) is 0 Å². The molecule has 0 heterocycles. The Kier molecular flexibility index (Phi) is 4.40. The maximum Gasteiger partial charge on any atom is 0.419 e. The van der Waals surface area contributed by atoms with Gasteiger partial charge in [-0.05, 0) is 27.7 Å². The summed E-state index contributed by atoms with van der Waals surface area (Å²) in [5, 5.41) is 0. The van der Waals surface area contributed by atoms with Gasteiger partial charge in [-0.3, -0.25) is 0 Å². The van der Waals surface area contributed by atoms with Crippen molar-refractivity contribution in [3.8, 4) is 0 Å². The van der Waals surface area contributed by atoms with E-state index in [0.717, 1.165) is 0 Å². The molecular weight excluding hydrogens is 186 g/mol. The second kappa shape index (κ2) is 4.83. The lowest BCUT2D eigenvalue weighted by Crippen LogP contribution is -2.37. The van der Waals surface area contributed by atoms with Gasteiger partial charge in [0.2, 0.25) is 0 Å². The lowest BCUT2D eigenvalue weighted by Gasteiger charge is -2.22. The summed E-state index contributed by atoms with van der Waals surface area (Å²) in [6.07, 6.45) is -1.64. The van der Waals surface area contributed by atoms with Crippen molar-refractivity contribution in [1.29, 1.82) is 0 Å². The van der Waals surface area contributed by atoms with E-state index in [1.165, 1.54) is 0 Å². The van der Waals surface area contributed by atoms with Crippen molar-refractivity contribution < 1.29 is 19.1 Å². The van der Waals surface area contributed by atoms with Gasteiger partial charge in [-0.15, -0.1) is 0 Å². The first-order chi connectivity index (χ1) is 6.28. The molecule has 5 nitrogen and oxygen atoms in total. The first-order valence-electron chi connectivity index (χ1n) is 4.28. The van der Waals surface area contributed by atoms with Crippen LogP contribution in [-0.4, -0.2) is 29.3 Å². The third-order valence-corrected chi connectivity index (χ3v) is 1.10. The van der Waals surface area contributed by atoms with Crippen LogP contribution in [0.1, 0.15) is 27.7 Å². The first kappa shape index (κ1) is 12.7. The molecule has 0 aromatic rings. The van der Waals surface area contributed by atoms with E-state index in [9.17, 15) is 9.59 Å². The molecule has 0 bridgehead atoms. The average molecular weight is 202 g/mol. The largest absolute Gasteiger partial charge is 0.449 e. The number of rotatable bonds is 1. The fourth-order valence-corrected chi connectivity index (χ4v) is 0.593. The Hall–Kier alpha value is -1.26. The summed E-state index contributed by atoms with van der Waals surface area (Å²) in [4.78, 5) is 22.8. The zero-order valence-electron chi connectivity index (χ0n) is 8.99. The molecule has 0 aromatic carbocycles. The molecule has 1 radical (unpaired) electrons. The van der Waals surface area contributed by atoms with Gasteiger partial charge < -0.3 is 9.47 Å². The van der Waals surface area contributed by atoms with Crippen LogP contribution < -0.4 is 0 Å². The lowest BCUT2D eigenvalue weighted by atomic mass is 10.2. The fraction of sp³-hybridized carbons (Fsp3) is 0.667. The molecule has 0 fully saturated rings. The Balaban J connectivity index is 4.19. The summed E-state index contributed by atoms with van der Waals surface area (Å²) in [7, 11) is 3.22. The molecule has 5 heteroatoms. The predicted octanol–water partition coefficient (Wildman–Crippen LogP) is 2.17. The van der Waals surface area contributed by atoms with Gasteiger partial charge >= 0.3 is 12.2 Å². The van der Waals surface area contributed by atoms with Crippen LogP contribution >= 0.6 is 0 Å². The highest BCUT2D eigenvalue weighted by molar-refractivity contribution is 5.88. The monoisotopic (exact) mass is 202 g/mol. The second-order valence-corrected chi connectivity index (χ2v) is 3.61. The molecule has 0 aromatic heterocycles. The van der Waals surface area contributed by atoms with Gasteiger partial charge in [0.25, 0.3) is 0 Å². The van der Waals surface area contributed by atoms with Crippen LogP contribution in [0.4, 0.5) is 9.59 Å². The average Bonchev–Trinajstić information content (AvgIpc) is 2.00. The maximum atomic E-state index is 11.2. The third-order valence-electron chi connectivity index (χ3n) is 1.10. The van der Waals surface area contributed by atoms with Gasteiger partial charge in [0.15, 0.2) is 0 Å². The molecule has 0 rings (SSSR count). The number of hydrogen-bond donors (Lipinski definition) is 0. The topological polar surface area (TPSA) is 55.8 Å². The van der Waals surface area contributed by atoms with E-state index in [1.807, 2.05) is 0 Å². The number of imide groups is 1. The Morgan fingerprint density at radius 3 is 2.14 bits per heavy atom. The summed E-state index contributed by atoms with van der Waals surface area (Å²) in [6, 6.07) is 0. The molecule has 0 N–H and O–H groups in total. The molecule has 0 aliphatic carbocycles. The van der Waals surface area contributed by atoms with Crippen LogP contribution in [0.2, 0.25) is 0 Å². The Labute approximate surface area is 84.0 Å². The molecule has 0 saturated carbocycles. The quantitative estimate of drug-likeness (QED) is 0.653. The number of nitrogens with zero attached hydrogens (tertiary/aromatic N) is 1. The highest BCUT2D eigenvalue weighted by Gasteiger charge is 2.24. The number of carbonyl (C=O) groups excluding carboxylic acids is 2. The van der Waals surface area contributed by atoms with E-state index < -0.39 is 17.8 Å². The highest BCUT2D eigenvalue weighted by atomic mass is 16.6. The summed E-state index contributed by atoms with van der Waals surface area (Å²) in [6.45, 7) is 6.92. The fourth-order valence-electron chi connectivity index (χ4n) is 0.593. The maximum absolute atomic E-state index is 11.2. The molecule has 0 spiro atoms. The zero-order chi connectivity index (χ0) is 11.4. The standard InChI is InChI=1S/C9H16NO4/c1-6-13-7(11)10(5)8(12)14-9(2,3)4/h5-6H2,1-4H3. The van der Waals surface area contributed by atoms with Gasteiger partial charge in [0.1, 0.15) is 5.60 Å². The van der Waals surface area contributed by atoms with Crippen LogP contribution in [-0.2, 0) is 9.47 Å². The van der Waals surface area contributed by atoms with Crippen LogP contribution in [0.15, 0.2) is 0 Å². The number of hydrogen-bond acceptors (Lipinski definition) is 4. The number of ether oxygens (including phenoxy) is 2. The zero-order valence-corrected chi connectivity index (χ0v) is 8.99. The van der Waals surface area contributed by atoms with Crippen molar-refractivity contribution >= 4 is 12.2 Å². The summed E-state index contributed by atoms with van der Waals surface area (Å²) in [5.41, 5.74) is -0.653. The van der Waals surface area contributed by atoms with Crippen LogP contribution in [0, 0.1) is 7.05 Å². The van der Waals surface area contributed by atoms with Gasteiger partial charge in [0, 0.05) is 0 Å². The molecule has 0 aliphatic heterocycles. The summed E-state index contributed by atoms with van der Waals surface area (Å²) < 4.78 is 9.45. The molecule has 14 heavy (non-hydrogen) atoms. The van der Waals surface area contributed by atoms with E-state index in [0.29, 0.717) is 4.90 Å². The SMILES string of the molecule is [CH2]N(C(=O)OCC)C(=O)OC(C)(C)C. The number of amides is 2. The molecule has 2 amide bonds. The van der Waals surface area contributed by atoms with Gasteiger partial charge in [0.05, 0.1) is 13.7 Å². The summed E-state index contributed by atoms with van der Waals surface area (Å²) in [5.74, 6) is 0. The molecule has 0 atom stereocenters. The first-order valence-corrected chi connectivity index (χ1v) is 4.28. The van der Waals surface area contributed by atoms with E-state index in [1.54, 1.807) is 27.7 Å². The predicted molar refractivity (Wildman–Crippen MR) is 50.5 cm³/mol. The minimum atomic E-state index is -0.823. The highest BCUT2D eigenvalue weighted by Crippen LogP contribution is 2.09. The molecule has 0 saturated heterocycles. The van der Waals surface area contributed by atoms with Crippen molar-refractivity contribution in [2.75, 3.05) is 6.61 Å². The Morgan fingerprint density at radius 2 is 1.79 bits per heavy atom. The van der Waals surface area contributed by atoms with E-state index in [2.05, 4.69) is 11.8 Å². The van der Waals surface area contributed by atoms with Crippen molar-refractivity contribution in [2.24, 2.45) is 0 Å². The van der Waals surface area contributed by atoms with Crippen molar-refractivity contribution in [3.05, 3.63) is 7.05 Å². The van der Waals surface area contributed by atoms with Crippen molar-refractivity contribution in [3.63, 3.8) is 0 Å². The lowest BCUT2D eigenvalue weighted by molar-refractivity contribution is 0.0305. The van der Waals surface area contributed by atoms with Crippen molar-refractivity contribution in [1.82, 2.24) is 4.90 Å². The molecule has 0 unspecified atom stereocenters. The smallest absolute Gasteiger partial charge is 0.419 e. The summed E-state index contributed by atoms with van der Waals surface area (Å²) >= 11 is 0. The van der Waals surface area contributed by atoms with E-state index in [-0.39, 0.29) is 6.61 Å². The molecular formula is C9H16NO4. The van der Waals surface area contributed by atoms with Crippen LogP contribution in [0.3, 0.4) is 0 Å².